The highest BCUT2D eigenvalue weighted by molar-refractivity contribution is 5.96. The highest BCUT2D eigenvalue weighted by Crippen LogP contribution is 2.25. The third kappa shape index (κ3) is 2.81. The molecule has 1 aromatic carbocycles. The SMILES string of the molecule is COc1cccc(-c2ccc(C(=O)N[C@H]3CCNC3=O)o2)c1. The molecule has 1 aliphatic heterocycles. The number of nitrogens with one attached hydrogen (secondary N) is 2. The second kappa shape index (κ2) is 5.93. The van der Waals surface area contributed by atoms with Crippen LogP contribution in [0.3, 0.4) is 0 Å². The number of hydrogen-bond acceptors (Lipinski definition) is 4. The Morgan fingerprint density at radius 2 is 2.23 bits per heavy atom. The van der Waals surface area contributed by atoms with E-state index in [0.29, 0.717) is 24.5 Å². The van der Waals surface area contributed by atoms with E-state index in [-0.39, 0.29) is 11.7 Å². The van der Waals surface area contributed by atoms with Crippen molar-refractivity contribution in [2.75, 3.05) is 13.7 Å². The molecule has 0 spiro atoms. The van der Waals surface area contributed by atoms with Crippen LogP contribution >= 0.6 is 0 Å². The normalized spacial score (nSPS) is 17.1. The molecule has 1 saturated heterocycles. The Hall–Kier alpha value is -2.76. The van der Waals surface area contributed by atoms with Crippen molar-refractivity contribution in [2.24, 2.45) is 0 Å². The average molecular weight is 300 g/mol. The number of carbonyl (C=O) groups excluding carboxylic acids is 2. The third-order valence-corrected chi connectivity index (χ3v) is 3.54. The van der Waals surface area contributed by atoms with Gasteiger partial charge in [-0.25, -0.2) is 0 Å². The molecule has 114 valence electrons. The molecule has 2 N–H and O–H groups in total. The molecule has 6 nitrogen and oxygen atoms in total. The Kier molecular flexibility index (Phi) is 3.82. The summed E-state index contributed by atoms with van der Waals surface area (Å²) in [6, 6.07) is 10.2. The van der Waals surface area contributed by atoms with Crippen LogP contribution in [0.25, 0.3) is 11.3 Å². The minimum atomic E-state index is -0.488. The largest absolute Gasteiger partial charge is 0.497 e. The number of carbonyl (C=O) groups is 2. The van der Waals surface area contributed by atoms with Crippen molar-refractivity contribution in [1.29, 1.82) is 0 Å². The van der Waals surface area contributed by atoms with Gasteiger partial charge in [-0.1, -0.05) is 12.1 Å². The summed E-state index contributed by atoms with van der Waals surface area (Å²) < 4.78 is 10.7. The van der Waals surface area contributed by atoms with Crippen LogP contribution in [0.1, 0.15) is 17.0 Å². The van der Waals surface area contributed by atoms with Crippen LogP contribution in [0.5, 0.6) is 5.75 Å². The van der Waals surface area contributed by atoms with E-state index in [2.05, 4.69) is 10.6 Å². The monoisotopic (exact) mass is 300 g/mol. The van der Waals surface area contributed by atoms with Crippen molar-refractivity contribution in [3.8, 4) is 17.1 Å². The third-order valence-electron chi connectivity index (χ3n) is 3.54. The fourth-order valence-corrected chi connectivity index (χ4v) is 2.35. The van der Waals surface area contributed by atoms with Gasteiger partial charge in [0.05, 0.1) is 7.11 Å². The first-order valence-corrected chi connectivity index (χ1v) is 7.00. The zero-order valence-corrected chi connectivity index (χ0v) is 12.1. The summed E-state index contributed by atoms with van der Waals surface area (Å²) in [4.78, 5) is 23.6. The van der Waals surface area contributed by atoms with Gasteiger partial charge in [0, 0.05) is 12.1 Å². The fraction of sp³-hybridized carbons (Fsp3) is 0.250. The molecule has 1 aromatic heterocycles. The number of amides is 2. The molecule has 0 bridgehead atoms. The first kappa shape index (κ1) is 14.2. The first-order chi connectivity index (χ1) is 10.7. The molecular weight excluding hydrogens is 284 g/mol. The van der Waals surface area contributed by atoms with Gasteiger partial charge in [-0.3, -0.25) is 9.59 Å². The maximum atomic E-state index is 12.1. The maximum Gasteiger partial charge on any atom is 0.287 e. The van der Waals surface area contributed by atoms with E-state index in [4.69, 9.17) is 9.15 Å². The second-order valence-electron chi connectivity index (χ2n) is 5.00. The van der Waals surface area contributed by atoms with Gasteiger partial charge in [-0.15, -0.1) is 0 Å². The highest BCUT2D eigenvalue weighted by Gasteiger charge is 2.26. The predicted octanol–water partition coefficient (Wildman–Crippen LogP) is 1.57. The van der Waals surface area contributed by atoms with Gasteiger partial charge in [0.15, 0.2) is 5.76 Å². The van der Waals surface area contributed by atoms with Crippen molar-refractivity contribution in [3.63, 3.8) is 0 Å². The first-order valence-electron chi connectivity index (χ1n) is 7.00. The summed E-state index contributed by atoms with van der Waals surface area (Å²) in [6.07, 6.45) is 0.591. The minimum Gasteiger partial charge on any atom is -0.497 e. The Bertz CT molecular complexity index is 708. The fourth-order valence-electron chi connectivity index (χ4n) is 2.35. The molecule has 6 heteroatoms. The van der Waals surface area contributed by atoms with Gasteiger partial charge in [0.2, 0.25) is 5.91 Å². The van der Waals surface area contributed by atoms with Crippen LogP contribution in [0, 0.1) is 0 Å². The van der Waals surface area contributed by atoms with Gasteiger partial charge in [-0.2, -0.15) is 0 Å². The zero-order valence-electron chi connectivity index (χ0n) is 12.1. The Morgan fingerprint density at radius 1 is 1.36 bits per heavy atom. The summed E-state index contributed by atoms with van der Waals surface area (Å²) in [5.41, 5.74) is 0.817. The van der Waals surface area contributed by atoms with Crippen molar-refractivity contribution in [3.05, 3.63) is 42.2 Å². The number of rotatable bonds is 4. The van der Waals surface area contributed by atoms with Crippen molar-refractivity contribution in [1.82, 2.24) is 10.6 Å². The van der Waals surface area contributed by atoms with E-state index in [1.807, 2.05) is 24.3 Å². The smallest absolute Gasteiger partial charge is 0.287 e. The molecular formula is C16H16N2O4. The topological polar surface area (TPSA) is 80.6 Å². The molecule has 1 aliphatic rings. The lowest BCUT2D eigenvalue weighted by atomic mass is 10.1. The van der Waals surface area contributed by atoms with Crippen molar-refractivity contribution < 1.29 is 18.7 Å². The van der Waals surface area contributed by atoms with Gasteiger partial charge >= 0.3 is 0 Å². The molecule has 0 aliphatic carbocycles. The van der Waals surface area contributed by atoms with Gasteiger partial charge < -0.3 is 19.8 Å². The molecule has 22 heavy (non-hydrogen) atoms. The summed E-state index contributed by atoms with van der Waals surface area (Å²) in [7, 11) is 1.59. The summed E-state index contributed by atoms with van der Waals surface area (Å²) in [5, 5.41) is 5.33. The van der Waals surface area contributed by atoms with E-state index in [0.717, 1.165) is 5.56 Å². The number of furan rings is 1. The minimum absolute atomic E-state index is 0.159. The van der Waals surface area contributed by atoms with Crippen LogP contribution in [0.4, 0.5) is 0 Å². The van der Waals surface area contributed by atoms with Gasteiger partial charge in [0.25, 0.3) is 5.91 Å². The standard InChI is InChI=1S/C16H16N2O4/c1-21-11-4-2-3-10(9-11)13-5-6-14(22-13)16(20)18-12-7-8-17-15(12)19/h2-6,9,12H,7-8H2,1H3,(H,17,19)(H,18,20)/t12-/m0/s1. The average Bonchev–Trinajstić information content (AvgIpc) is 3.17. The van der Waals surface area contributed by atoms with Crippen LogP contribution in [-0.2, 0) is 4.79 Å². The number of benzene rings is 1. The van der Waals surface area contributed by atoms with Crippen LogP contribution in [0.15, 0.2) is 40.8 Å². The second-order valence-corrected chi connectivity index (χ2v) is 5.00. The van der Waals surface area contributed by atoms with E-state index >= 15 is 0 Å². The lowest BCUT2D eigenvalue weighted by Crippen LogP contribution is -2.39. The van der Waals surface area contributed by atoms with E-state index in [1.165, 1.54) is 0 Å². The van der Waals surface area contributed by atoms with E-state index < -0.39 is 11.9 Å². The Labute approximate surface area is 127 Å². The lowest BCUT2D eigenvalue weighted by Gasteiger charge is -2.07. The Morgan fingerprint density at radius 3 is 2.95 bits per heavy atom. The summed E-state index contributed by atoms with van der Waals surface area (Å²) in [5.74, 6) is 0.907. The molecule has 1 atom stereocenters. The molecule has 1 fully saturated rings. The van der Waals surface area contributed by atoms with E-state index in [9.17, 15) is 9.59 Å². The summed E-state index contributed by atoms with van der Waals surface area (Å²) in [6.45, 7) is 0.580. The molecule has 2 aromatic rings. The highest BCUT2D eigenvalue weighted by atomic mass is 16.5. The van der Waals surface area contributed by atoms with Crippen LogP contribution < -0.4 is 15.4 Å². The molecule has 0 saturated carbocycles. The van der Waals surface area contributed by atoms with Gasteiger partial charge in [0.1, 0.15) is 17.6 Å². The quantitative estimate of drug-likeness (QED) is 0.898. The number of ether oxygens (including phenoxy) is 1. The molecule has 2 heterocycles. The van der Waals surface area contributed by atoms with Gasteiger partial charge in [-0.05, 0) is 30.7 Å². The van der Waals surface area contributed by atoms with Crippen molar-refractivity contribution >= 4 is 11.8 Å². The molecule has 2 amide bonds. The van der Waals surface area contributed by atoms with Crippen LogP contribution in [-0.4, -0.2) is 31.5 Å². The zero-order chi connectivity index (χ0) is 15.5. The summed E-state index contributed by atoms with van der Waals surface area (Å²) >= 11 is 0. The lowest BCUT2D eigenvalue weighted by molar-refractivity contribution is -0.120. The molecule has 0 unspecified atom stereocenters. The number of methoxy groups -OCH3 is 1. The predicted molar refractivity (Wildman–Crippen MR) is 79.6 cm³/mol. The Balaban J connectivity index is 1.75. The van der Waals surface area contributed by atoms with Crippen molar-refractivity contribution in [2.45, 2.75) is 12.5 Å². The molecule has 0 radical (unpaired) electrons. The van der Waals surface area contributed by atoms with Crippen LogP contribution in [0.2, 0.25) is 0 Å². The number of hydrogen-bond donors (Lipinski definition) is 2. The maximum absolute atomic E-state index is 12.1. The molecule has 3 rings (SSSR count). The van der Waals surface area contributed by atoms with E-state index in [1.54, 1.807) is 19.2 Å².